The fraction of sp³-hybridized carbons (Fsp3) is 0. The molecule has 3 N–H and O–H groups in total. The third-order valence-electron chi connectivity index (χ3n) is 0. The van der Waals surface area contributed by atoms with E-state index in [-0.39, 0.29) is 27.6 Å². The van der Waals surface area contributed by atoms with Crippen molar-refractivity contribution in [3.8, 4) is 0 Å². The predicted octanol–water partition coefficient (Wildman–Crippen LogP) is 1.13. The molecule has 45 valence electrons. The summed E-state index contributed by atoms with van der Waals surface area (Å²) >= 11 is -0.226. The SMILES string of the molecule is Cl.NO.[Cl][Rh][Cl]. The van der Waals surface area contributed by atoms with Crippen molar-refractivity contribution in [2.45, 2.75) is 0 Å². The number of halogens is 3. The zero-order valence-electron chi connectivity index (χ0n) is 2.52. The second kappa shape index (κ2) is 32.3. The summed E-state index contributed by atoms with van der Waals surface area (Å²) in [5, 5.41) is 6.50. The van der Waals surface area contributed by atoms with E-state index in [1.54, 1.807) is 0 Å². The minimum absolute atomic E-state index is 0. The standard InChI is InChI=1S/3ClH.H3NO.Rh/c;;;1-2;/h3*1H;2H,1H2;/q;;;;+2/p-2. The zero-order valence-corrected chi connectivity index (χ0v) is 6.49. The summed E-state index contributed by atoms with van der Waals surface area (Å²) in [6, 6.07) is 0. The third kappa shape index (κ3) is 52.8. The van der Waals surface area contributed by atoms with Crippen molar-refractivity contribution in [2.24, 2.45) is 5.90 Å². The molecular weight excluding hydrogens is 239 g/mol. The Morgan fingerprint density at radius 3 is 1.33 bits per heavy atom. The third-order valence-corrected chi connectivity index (χ3v) is 0. The fourth-order valence-electron chi connectivity index (χ4n) is 0. The van der Waals surface area contributed by atoms with Crippen LogP contribution in [-0.2, 0) is 15.1 Å². The van der Waals surface area contributed by atoms with Gasteiger partial charge in [-0.15, -0.1) is 12.4 Å². The summed E-state index contributed by atoms with van der Waals surface area (Å²) in [5.41, 5.74) is 0. The first-order valence-electron chi connectivity index (χ1n) is 0.510. The molecule has 0 saturated carbocycles. The van der Waals surface area contributed by atoms with Gasteiger partial charge in [-0.25, -0.2) is 5.90 Å². The van der Waals surface area contributed by atoms with Crippen molar-refractivity contribution in [1.82, 2.24) is 0 Å². The van der Waals surface area contributed by atoms with Gasteiger partial charge in [-0.2, -0.15) is 0 Å². The monoisotopic (exact) mass is 242 g/mol. The molecule has 0 bridgehead atoms. The van der Waals surface area contributed by atoms with E-state index < -0.39 is 0 Å². The molecule has 0 radical (unpaired) electrons. The number of hydrogen-bond donors (Lipinski definition) is 2. The first-order chi connectivity index (χ1) is 2.41. The Morgan fingerprint density at radius 1 is 1.33 bits per heavy atom. The maximum atomic E-state index is 6.50. The van der Waals surface area contributed by atoms with E-state index in [9.17, 15) is 0 Å². The van der Waals surface area contributed by atoms with E-state index >= 15 is 0 Å². The first-order valence-corrected chi connectivity index (χ1v) is 4.73. The molecule has 0 aliphatic heterocycles. The van der Waals surface area contributed by atoms with Crippen molar-refractivity contribution in [2.75, 3.05) is 0 Å². The van der Waals surface area contributed by atoms with Crippen LogP contribution in [0.15, 0.2) is 0 Å². The zero-order chi connectivity index (χ0) is 4.71. The second-order valence-corrected chi connectivity index (χ2v) is 2.54. The number of hydrogen-bond acceptors (Lipinski definition) is 2. The van der Waals surface area contributed by atoms with Crippen LogP contribution in [0.4, 0.5) is 0 Å². The molecule has 0 spiro atoms. The average Bonchev–Trinajstić information content (AvgIpc) is 1.46. The molecule has 0 aliphatic carbocycles. The Labute approximate surface area is 58.0 Å². The molecular formula is H4Cl3NORh. The van der Waals surface area contributed by atoms with E-state index in [0.29, 0.717) is 0 Å². The Morgan fingerprint density at radius 2 is 1.33 bits per heavy atom. The predicted molar refractivity (Wildman–Crippen MR) is 24.9 cm³/mol. The van der Waals surface area contributed by atoms with Gasteiger partial charge in [0.15, 0.2) is 0 Å². The topological polar surface area (TPSA) is 46.2 Å². The van der Waals surface area contributed by atoms with Crippen molar-refractivity contribution in [3.63, 3.8) is 0 Å². The van der Waals surface area contributed by atoms with Gasteiger partial charge in [0.25, 0.3) is 0 Å². The number of rotatable bonds is 0. The minimum atomic E-state index is -0.226. The molecule has 0 aromatic heterocycles. The summed E-state index contributed by atoms with van der Waals surface area (Å²) in [6.07, 6.45) is 0. The molecule has 0 atom stereocenters. The van der Waals surface area contributed by atoms with Crippen LogP contribution in [0, 0.1) is 0 Å². The van der Waals surface area contributed by atoms with Crippen LogP contribution in [0.25, 0.3) is 0 Å². The maximum absolute atomic E-state index is 6.50. The van der Waals surface area contributed by atoms with Crippen molar-refractivity contribution in [3.05, 3.63) is 0 Å². The molecule has 0 aromatic carbocycles. The van der Waals surface area contributed by atoms with Crippen LogP contribution in [0.2, 0.25) is 0 Å². The summed E-state index contributed by atoms with van der Waals surface area (Å²) in [7, 11) is 9.67. The molecule has 0 aromatic rings. The summed E-state index contributed by atoms with van der Waals surface area (Å²) in [5.74, 6) is 3.50. The fourth-order valence-corrected chi connectivity index (χ4v) is 0. The number of nitrogens with two attached hydrogens (primary N) is 1. The summed E-state index contributed by atoms with van der Waals surface area (Å²) in [6.45, 7) is 0. The second-order valence-electron chi connectivity index (χ2n) is 0.0476. The van der Waals surface area contributed by atoms with E-state index in [4.69, 9.17) is 24.6 Å². The molecule has 6 heavy (non-hydrogen) atoms. The van der Waals surface area contributed by atoms with Crippen molar-refractivity contribution < 1.29 is 20.4 Å². The molecule has 0 amide bonds. The Hall–Kier alpha value is 1.41. The van der Waals surface area contributed by atoms with Gasteiger partial charge < -0.3 is 5.21 Å². The quantitative estimate of drug-likeness (QED) is 0.495. The molecule has 6 heteroatoms. The first kappa shape index (κ1) is 15.7. The van der Waals surface area contributed by atoms with Crippen LogP contribution in [0.5, 0.6) is 0 Å². The van der Waals surface area contributed by atoms with Gasteiger partial charge in [-0.05, 0) is 0 Å². The van der Waals surface area contributed by atoms with Crippen molar-refractivity contribution >= 4 is 31.8 Å². The summed E-state index contributed by atoms with van der Waals surface area (Å²) in [4.78, 5) is 0. The van der Waals surface area contributed by atoms with Crippen LogP contribution < -0.4 is 5.90 Å². The van der Waals surface area contributed by atoms with Crippen LogP contribution in [0.1, 0.15) is 0 Å². The van der Waals surface area contributed by atoms with Crippen LogP contribution in [-0.4, -0.2) is 5.21 Å². The molecule has 0 aliphatic rings. The van der Waals surface area contributed by atoms with E-state index in [1.807, 2.05) is 0 Å². The van der Waals surface area contributed by atoms with E-state index in [1.165, 1.54) is 0 Å². The molecule has 0 fully saturated rings. The van der Waals surface area contributed by atoms with Crippen LogP contribution >= 0.6 is 31.8 Å². The van der Waals surface area contributed by atoms with E-state index in [0.717, 1.165) is 0 Å². The van der Waals surface area contributed by atoms with Crippen LogP contribution in [0.3, 0.4) is 0 Å². The van der Waals surface area contributed by atoms with Crippen molar-refractivity contribution in [1.29, 1.82) is 0 Å². The van der Waals surface area contributed by atoms with Gasteiger partial charge in [0.1, 0.15) is 0 Å². The normalized spacial score (nSPS) is 4.67. The molecule has 0 unspecified atom stereocenters. The van der Waals surface area contributed by atoms with Gasteiger partial charge in [0, 0.05) is 0 Å². The van der Waals surface area contributed by atoms with Gasteiger partial charge in [0.05, 0.1) is 0 Å². The van der Waals surface area contributed by atoms with Gasteiger partial charge in [0.2, 0.25) is 0 Å². The van der Waals surface area contributed by atoms with E-state index in [2.05, 4.69) is 5.90 Å². The summed E-state index contributed by atoms with van der Waals surface area (Å²) < 4.78 is 0. The Balaban J connectivity index is -0.0000000275. The van der Waals surface area contributed by atoms with Gasteiger partial charge in [-0.3, -0.25) is 0 Å². The molecule has 0 rings (SSSR count). The Bertz CT molecular complexity index is 10.8. The molecule has 0 heterocycles. The molecule has 2 nitrogen and oxygen atoms in total. The molecule has 0 saturated heterocycles. The average molecular weight is 243 g/mol. The van der Waals surface area contributed by atoms with Gasteiger partial charge in [-0.1, -0.05) is 0 Å². The Kier molecular flexibility index (Phi) is 84.2. The van der Waals surface area contributed by atoms with Gasteiger partial charge >= 0.3 is 34.5 Å².